The highest BCUT2D eigenvalue weighted by Gasteiger charge is 2.29. The number of nitrogens with zero attached hydrogens (tertiary/aromatic N) is 1. The van der Waals surface area contributed by atoms with Gasteiger partial charge in [-0.15, -0.1) is 0 Å². The summed E-state index contributed by atoms with van der Waals surface area (Å²) in [4.78, 5) is 37.4. The molecule has 0 aliphatic heterocycles. The normalized spacial score (nSPS) is 12.5. The molecule has 2 atom stereocenters. The van der Waals surface area contributed by atoms with Crippen LogP contribution in [0.4, 0.5) is 8.78 Å². The summed E-state index contributed by atoms with van der Waals surface area (Å²) in [6, 6.07) is 10.1. The van der Waals surface area contributed by atoms with Gasteiger partial charge in [0, 0.05) is 6.07 Å². The Labute approximate surface area is 159 Å². The number of ether oxygens (including phenoxy) is 1. The Morgan fingerprint density at radius 1 is 1.14 bits per heavy atom. The smallest absolute Gasteiger partial charge is 0.329 e. The maximum absolute atomic E-state index is 14.0. The lowest BCUT2D eigenvalue weighted by Crippen LogP contribution is -2.28. The van der Waals surface area contributed by atoms with Crippen molar-refractivity contribution >= 4 is 18.0 Å². The second-order valence-corrected chi connectivity index (χ2v) is 6.04. The van der Waals surface area contributed by atoms with Crippen molar-refractivity contribution in [1.29, 1.82) is 0 Å². The van der Waals surface area contributed by atoms with Crippen LogP contribution in [0.5, 0.6) is 0 Å². The van der Waals surface area contributed by atoms with E-state index in [1.54, 1.807) is 30.3 Å². The molecule has 0 spiro atoms. The molecule has 0 saturated carbocycles. The molecule has 0 heterocycles. The molecular weight excluding hydrogens is 372 g/mol. The number of hydrogen-bond donors (Lipinski definition) is 1. The average Bonchev–Trinajstić information content (AvgIpc) is 2.67. The minimum atomic E-state index is -1.53. The molecule has 146 valence electrons. The standard InChI is InChI=1S/C20H17F2NO5/c21-16-7-6-14(17(22)10-16)8-15(9-18(19(25)26)23-12-24)20(27)28-11-13-4-2-1-3-5-13/h1-7,10,15,18H,8-9,11H2,(H,25,26)/t15-,18-/m0/s1. The number of isocyanates is 1. The lowest BCUT2D eigenvalue weighted by molar-refractivity contribution is -0.150. The summed E-state index contributed by atoms with van der Waals surface area (Å²) >= 11 is 0. The van der Waals surface area contributed by atoms with Crippen LogP contribution in [0.3, 0.4) is 0 Å². The summed E-state index contributed by atoms with van der Waals surface area (Å²) < 4.78 is 32.3. The van der Waals surface area contributed by atoms with Gasteiger partial charge in [-0.25, -0.2) is 18.4 Å². The van der Waals surface area contributed by atoms with Crippen LogP contribution < -0.4 is 0 Å². The Morgan fingerprint density at radius 2 is 1.86 bits per heavy atom. The predicted octanol–water partition coefficient (Wildman–Crippen LogP) is 3.05. The second-order valence-electron chi connectivity index (χ2n) is 6.04. The highest BCUT2D eigenvalue weighted by atomic mass is 19.1. The number of rotatable bonds is 9. The van der Waals surface area contributed by atoms with E-state index in [4.69, 9.17) is 9.84 Å². The monoisotopic (exact) mass is 389 g/mol. The number of aliphatic imine (C=N–C) groups is 1. The zero-order valence-corrected chi connectivity index (χ0v) is 14.7. The Morgan fingerprint density at radius 3 is 2.46 bits per heavy atom. The molecule has 0 amide bonds. The van der Waals surface area contributed by atoms with Crippen LogP contribution in [-0.4, -0.2) is 29.2 Å². The van der Waals surface area contributed by atoms with E-state index in [1.165, 1.54) is 6.07 Å². The van der Waals surface area contributed by atoms with E-state index in [2.05, 4.69) is 4.99 Å². The summed E-state index contributed by atoms with van der Waals surface area (Å²) in [5.41, 5.74) is 0.727. The zero-order valence-electron chi connectivity index (χ0n) is 14.7. The zero-order chi connectivity index (χ0) is 20.5. The number of carbonyl (C=O) groups excluding carboxylic acids is 2. The summed E-state index contributed by atoms with van der Waals surface area (Å²) in [7, 11) is 0. The van der Waals surface area contributed by atoms with Gasteiger partial charge in [-0.3, -0.25) is 4.79 Å². The van der Waals surface area contributed by atoms with Crippen LogP contribution in [0.1, 0.15) is 17.5 Å². The van der Waals surface area contributed by atoms with Crippen molar-refractivity contribution < 1.29 is 33.0 Å². The second kappa shape index (κ2) is 10.1. The fourth-order valence-corrected chi connectivity index (χ4v) is 2.60. The summed E-state index contributed by atoms with van der Waals surface area (Å²) in [5.74, 6) is -4.96. The van der Waals surface area contributed by atoms with Crippen molar-refractivity contribution in [2.75, 3.05) is 0 Å². The van der Waals surface area contributed by atoms with Crippen LogP contribution in [0.15, 0.2) is 53.5 Å². The molecule has 28 heavy (non-hydrogen) atoms. The summed E-state index contributed by atoms with van der Waals surface area (Å²) in [6.45, 7) is -0.0588. The molecule has 0 unspecified atom stereocenters. The number of carboxylic acid groups (broad SMARTS) is 1. The molecule has 2 aromatic rings. The Hall–Kier alpha value is -3.38. The highest BCUT2D eigenvalue weighted by Crippen LogP contribution is 2.21. The molecule has 0 radical (unpaired) electrons. The number of hydrogen-bond acceptors (Lipinski definition) is 5. The Kier molecular flexibility index (Phi) is 7.54. The first-order chi connectivity index (χ1) is 13.4. The van der Waals surface area contributed by atoms with Crippen LogP contribution in [0, 0.1) is 17.6 Å². The van der Waals surface area contributed by atoms with Crippen molar-refractivity contribution in [3.05, 3.63) is 71.3 Å². The molecule has 1 N–H and O–H groups in total. The SMILES string of the molecule is O=C=N[C@@H](C[C@H](Cc1ccc(F)cc1F)C(=O)OCc1ccccc1)C(=O)O. The summed E-state index contributed by atoms with van der Waals surface area (Å²) in [6.07, 6.45) is 0.520. The molecule has 8 heteroatoms. The van der Waals surface area contributed by atoms with E-state index in [0.29, 0.717) is 11.6 Å². The fraction of sp³-hybridized carbons (Fsp3) is 0.250. The van der Waals surface area contributed by atoms with Crippen LogP contribution in [0.2, 0.25) is 0 Å². The Balaban J connectivity index is 2.19. The predicted molar refractivity (Wildman–Crippen MR) is 94.0 cm³/mol. The topological polar surface area (TPSA) is 93.0 Å². The van der Waals surface area contributed by atoms with E-state index >= 15 is 0 Å². The molecule has 0 bridgehead atoms. The quantitative estimate of drug-likeness (QED) is 0.404. The van der Waals surface area contributed by atoms with Crippen molar-refractivity contribution in [2.24, 2.45) is 10.9 Å². The van der Waals surface area contributed by atoms with Crippen LogP contribution in [0.25, 0.3) is 0 Å². The molecule has 2 rings (SSSR count). The van der Waals surface area contributed by atoms with Gasteiger partial charge in [0.2, 0.25) is 6.08 Å². The van der Waals surface area contributed by atoms with Gasteiger partial charge in [-0.1, -0.05) is 36.4 Å². The van der Waals surface area contributed by atoms with Crippen molar-refractivity contribution in [2.45, 2.75) is 25.5 Å². The van der Waals surface area contributed by atoms with E-state index < -0.39 is 42.0 Å². The van der Waals surface area contributed by atoms with Gasteiger partial charge >= 0.3 is 11.9 Å². The van der Waals surface area contributed by atoms with Gasteiger partial charge in [0.05, 0.1) is 5.92 Å². The Bertz CT molecular complexity index is 879. The lowest BCUT2D eigenvalue weighted by Gasteiger charge is -2.18. The molecule has 0 aliphatic carbocycles. The maximum atomic E-state index is 14.0. The molecule has 0 saturated heterocycles. The summed E-state index contributed by atoms with van der Waals surface area (Å²) in [5, 5.41) is 9.15. The number of halogens is 2. The largest absolute Gasteiger partial charge is 0.480 e. The molecule has 0 fully saturated rings. The minimum Gasteiger partial charge on any atom is -0.480 e. The van der Waals surface area contributed by atoms with Crippen LogP contribution in [-0.2, 0) is 32.1 Å². The number of carbonyl (C=O) groups is 2. The van der Waals surface area contributed by atoms with Gasteiger partial charge in [0.1, 0.15) is 18.2 Å². The maximum Gasteiger partial charge on any atom is 0.329 e. The highest BCUT2D eigenvalue weighted by molar-refractivity contribution is 5.78. The molecule has 2 aromatic carbocycles. The van der Waals surface area contributed by atoms with Gasteiger partial charge < -0.3 is 9.84 Å². The third-order valence-corrected chi connectivity index (χ3v) is 4.04. The third kappa shape index (κ3) is 6.10. The van der Waals surface area contributed by atoms with Crippen molar-refractivity contribution in [3.63, 3.8) is 0 Å². The van der Waals surface area contributed by atoms with E-state index in [9.17, 15) is 23.2 Å². The van der Waals surface area contributed by atoms with Gasteiger partial charge in [-0.05, 0) is 30.0 Å². The first-order valence-corrected chi connectivity index (χ1v) is 8.35. The van der Waals surface area contributed by atoms with E-state index in [-0.39, 0.29) is 18.6 Å². The third-order valence-electron chi connectivity index (χ3n) is 4.04. The minimum absolute atomic E-state index is 0.0160. The van der Waals surface area contributed by atoms with Crippen LogP contribution >= 0.6 is 0 Å². The fourth-order valence-electron chi connectivity index (χ4n) is 2.60. The van der Waals surface area contributed by atoms with E-state index in [0.717, 1.165) is 12.1 Å². The molecule has 0 aromatic heterocycles. The number of carboxylic acids is 1. The van der Waals surface area contributed by atoms with Crippen molar-refractivity contribution in [1.82, 2.24) is 0 Å². The van der Waals surface area contributed by atoms with Gasteiger partial charge in [-0.2, -0.15) is 4.99 Å². The van der Waals surface area contributed by atoms with Gasteiger partial charge in [0.25, 0.3) is 0 Å². The van der Waals surface area contributed by atoms with Gasteiger partial charge in [0.15, 0.2) is 6.04 Å². The molecule has 0 aliphatic rings. The lowest BCUT2D eigenvalue weighted by atomic mass is 9.92. The molecular formula is C20H17F2NO5. The number of esters is 1. The number of aliphatic carboxylic acids is 1. The van der Waals surface area contributed by atoms with Crippen molar-refractivity contribution in [3.8, 4) is 0 Å². The molecule has 6 nitrogen and oxygen atoms in total. The van der Waals surface area contributed by atoms with E-state index in [1.807, 2.05) is 0 Å². The first-order valence-electron chi connectivity index (χ1n) is 8.35. The average molecular weight is 389 g/mol. The number of benzene rings is 2. The first kappa shape index (κ1) is 20.9.